The fourth-order valence-corrected chi connectivity index (χ4v) is 4.69. The fourth-order valence-electron chi connectivity index (χ4n) is 4.52. The van der Waals surface area contributed by atoms with Crippen LogP contribution in [-0.4, -0.2) is 37.6 Å². The molecule has 0 unspecified atom stereocenters. The van der Waals surface area contributed by atoms with Crippen molar-refractivity contribution in [2.24, 2.45) is 11.8 Å². The van der Waals surface area contributed by atoms with Crippen molar-refractivity contribution in [1.82, 2.24) is 10.0 Å². The number of carbonyl (C=O) groups excluding carboxylic acids is 3. The molecule has 2 aliphatic rings. The van der Waals surface area contributed by atoms with E-state index in [1.54, 1.807) is 0 Å². The van der Waals surface area contributed by atoms with Gasteiger partial charge in [0.25, 0.3) is 29.1 Å². The minimum atomic E-state index is -0.867. The summed E-state index contributed by atoms with van der Waals surface area (Å²) in [5, 5.41) is 24.5. The van der Waals surface area contributed by atoms with E-state index in [0.717, 1.165) is 35.0 Å². The second-order valence-corrected chi connectivity index (χ2v) is 8.62. The molecule has 0 bridgehead atoms. The lowest BCUT2D eigenvalue weighted by atomic mass is 9.81. The predicted molar refractivity (Wildman–Crippen MR) is 118 cm³/mol. The number of non-ortho nitro benzene ring substituents is 1. The number of nitro benzene ring substituents is 2. The van der Waals surface area contributed by atoms with Gasteiger partial charge in [-0.25, -0.2) is 5.01 Å². The number of hydrogen-bond acceptors (Lipinski definition) is 7. The summed E-state index contributed by atoms with van der Waals surface area (Å²) in [7, 11) is 0. The van der Waals surface area contributed by atoms with Gasteiger partial charge in [-0.1, -0.05) is 30.5 Å². The van der Waals surface area contributed by atoms with Crippen LogP contribution < -0.4 is 0 Å². The summed E-state index contributed by atoms with van der Waals surface area (Å²) in [5.41, 5.74) is -0.832. The molecule has 0 aromatic heterocycles. The molecule has 0 radical (unpaired) electrons. The molecule has 1 saturated heterocycles. The summed E-state index contributed by atoms with van der Waals surface area (Å²) in [6, 6.07) is 8.70. The number of hydrogen-bond donors (Lipinski definition) is 0. The van der Waals surface area contributed by atoms with E-state index < -0.39 is 45.9 Å². The zero-order valence-corrected chi connectivity index (χ0v) is 18.5. The first-order valence-electron chi connectivity index (χ1n) is 10.6. The Morgan fingerprint density at radius 1 is 1.00 bits per heavy atom. The highest BCUT2D eigenvalue weighted by Gasteiger charge is 2.51. The van der Waals surface area contributed by atoms with Crippen molar-refractivity contribution < 1.29 is 24.2 Å². The van der Waals surface area contributed by atoms with E-state index in [2.05, 4.69) is 0 Å². The van der Waals surface area contributed by atoms with E-state index in [-0.39, 0.29) is 27.5 Å². The number of fused-ring (bicyclic) bond motifs is 1. The van der Waals surface area contributed by atoms with Gasteiger partial charge in [-0.2, -0.15) is 5.01 Å². The maximum atomic E-state index is 13.5. The van der Waals surface area contributed by atoms with Crippen LogP contribution in [0, 0.1) is 32.1 Å². The van der Waals surface area contributed by atoms with E-state index in [9.17, 15) is 34.6 Å². The van der Waals surface area contributed by atoms with E-state index in [1.807, 2.05) is 0 Å². The average molecular weight is 487 g/mol. The maximum Gasteiger partial charge on any atom is 0.275 e. The fraction of sp³-hybridized carbons (Fsp3) is 0.318. The standard InChI is InChI=1S/C22H19ClN4O7/c23-15-9-8-14(19(11-15)27(33)34)12-24(20(28)13-4-3-5-16(10-13)26(31)32)25-21(29)17-6-1-2-7-18(17)22(25)30/h3-5,8-11,17-18H,1-2,6-7,12H2/t17-,18-/m0/s1. The summed E-state index contributed by atoms with van der Waals surface area (Å²) >= 11 is 5.89. The molecule has 0 N–H and O–H groups in total. The highest BCUT2D eigenvalue weighted by molar-refractivity contribution is 6.30. The van der Waals surface area contributed by atoms with Crippen LogP contribution in [0.2, 0.25) is 5.02 Å². The van der Waals surface area contributed by atoms with Crippen molar-refractivity contribution in [3.8, 4) is 0 Å². The summed E-state index contributed by atoms with van der Waals surface area (Å²) < 4.78 is 0. The number of nitro groups is 2. The van der Waals surface area contributed by atoms with Crippen molar-refractivity contribution in [3.63, 3.8) is 0 Å². The van der Waals surface area contributed by atoms with Crippen LogP contribution in [-0.2, 0) is 16.1 Å². The van der Waals surface area contributed by atoms with Gasteiger partial charge in [-0.3, -0.25) is 34.6 Å². The van der Waals surface area contributed by atoms with Crippen molar-refractivity contribution >= 4 is 40.7 Å². The van der Waals surface area contributed by atoms with Gasteiger partial charge in [0.2, 0.25) is 0 Å². The molecular formula is C22H19ClN4O7. The molecule has 1 saturated carbocycles. The largest absolute Gasteiger partial charge is 0.275 e. The SMILES string of the molecule is O=C(c1cccc([N+](=O)[O-])c1)N(Cc1ccc(Cl)cc1[N+](=O)[O-])N1C(=O)[C@H]2CCCC[C@@H]2C1=O. The second-order valence-electron chi connectivity index (χ2n) is 8.19. The van der Waals surface area contributed by atoms with Gasteiger partial charge in [0.1, 0.15) is 0 Å². The highest BCUT2D eigenvalue weighted by Crippen LogP contribution is 2.39. The van der Waals surface area contributed by atoms with Crippen molar-refractivity contribution in [2.75, 3.05) is 0 Å². The molecule has 1 aliphatic heterocycles. The van der Waals surface area contributed by atoms with Gasteiger partial charge in [0.15, 0.2) is 0 Å². The molecule has 2 aromatic carbocycles. The third-order valence-corrected chi connectivity index (χ3v) is 6.40. The Balaban J connectivity index is 1.79. The van der Waals surface area contributed by atoms with Gasteiger partial charge in [-0.05, 0) is 31.0 Å². The molecule has 2 aromatic rings. The Hall–Kier alpha value is -3.86. The number of imide groups is 1. The van der Waals surface area contributed by atoms with Gasteiger partial charge in [0.05, 0.1) is 33.8 Å². The summed E-state index contributed by atoms with van der Waals surface area (Å²) in [4.78, 5) is 61.4. The molecule has 11 nitrogen and oxygen atoms in total. The number of rotatable bonds is 6. The number of halogens is 1. The Bertz CT molecular complexity index is 1190. The number of amides is 3. The third-order valence-electron chi connectivity index (χ3n) is 6.16. The second kappa shape index (κ2) is 9.18. The first kappa shape index (κ1) is 23.3. The summed E-state index contributed by atoms with van der Waals surface area (Å²) in [6.45, 7) is -0.480. The van der Waals surface area contributed by atoms with Crippen molar-refractivity contribution in [1.29, 1.82) is 0 Å². The Labute approximate surface area is 198 Å². The van der Waals surface area contributed by atoms with Crippen LogP contribution in [0.3, 0.4) is 0 Å². The first-order valence-corrected chi connectivity index (χ1v) is 10.9. The third kappa shape index (κ3) is 4.21. The quantitative estimate of drug-likeness (QED) is 0.342. The number of carbonyl (C=O) groups is 3. The zero-order valence-electron chi connectivity index (χ0n) is 17.8. The molecule has 3 amide bonds. The van der Waals surface area contributed by atoms with Crippen molar-refractivity contribution in [3.05, 3.63) is 78.8 Å². The van der Waals surface area contributed by atoms with E-state index in [1.165, 1.54) is 30.3 Å². The van der Waals surface area contributed by atoms with Gasteiger partial charge in [0, 0.05) is 28.8 Å². The Morgan fingerprint density at radius 3 is 2.24 bits per heavy atom. The van der Waals surface area contributed by atoms with Gasteiger partial charge < -0.3 is 0 Å². The number of hydrazine groups is 1. The topological polar surface area (TPSA) is 144 Å². The number of nitrogens with zero attached hydrogens (tertiary/aromatic N) is 4. The van der Waals surface area contributed by atoms with Crippen LogP contribution in [0.25, 0.3) is 0 Å². The molecule has 2 atom stereocenters. The van der Waals surface area contributed by atoms with Crippen LogP contribution >= 0.6 is 11.6 Å². The first-order chi connectivity index (χ1) is 16.2. The molecule has 1 heterocycles. The van der Waals surface area contributed by atoms with Crippen LogP contribution in [0.5, 0.6) is 0 Å². The monoisotopic (exact) mass is 486 g/mol. The molecule has 1 aliphatic carbocycles. The molecule has 34 heavy (non-hydrogen) atoms. The molecule has 0 spiro atoms. The van der Waals surface area contributed by atoms with Crippen LogP contribution in [0.4, 0.5) is 11.4 Å². The van der Waals surface area contributed by atoms with Gasteiger partial charge in [-0.15, -0.1) is 0 Å². The Kier molecular flexibility index (Phi) is 6.29. The lowest BCUT2D eigenvalue weighted by Crippen LogP contribution is -2.49. The number of benzene rings is 2. The van der Waals surface area contributed by atoms with Crippen LogP contribution in [0.1, 0.15) is 41.6 Å². The lowest BCUT2D eigenvalue weighted by molar-refractivity contribution is -0.385. The van der Waals surface area contributed by atoms with Gasteiger partial charge >= 0.3 is 0 Å². The average Bonchev–Trinajstić information content (AvgIpc) is 3.08. The summed E-state index contributed by atoms with van der Waals surface area (Å²) in [5.74, 6) is -3.10. The van der Waals surface area contributed by atoms with E-state index in [0.29, 0.717) is 12.8 Å². The Morgan fingerprint density at radius 2 is 1.65 bits per heavy atom. The smallest absolute Gasteiger partial charge is 0.272 e. The predicted octanol–water partition coefficient (Wildman–Crippen LogP) is 3.89. The minimum absolute atomic E-state index is 0.0450. The van der Waals surface area contributed by atoms with E-state index in [4.69, 9.17) is 11.6 Å². The molecular weight excluding hydrogens is 468 g/mol. The minimum Gasteiger partial charge on any atom is -0.272 e. The lowest BCUT2D eigenvalue weighted by Gasteiger charge is -2.30. The molecule has 12 heteroatoms. The summed E-state index contributed by atoms with van der Waals surface area (Å²) in [6.07, 6.45) is 2.56. The zero-order chi connectivity index (χ0) is 24.6. The molecule has 2 fully saturated rings. The van der Waals surface area contributed by atoms with E-state index >= 15 is 0 Å². The molecule has 176 valence electrons. The molecule has 4 rings (SSSR count). The maximum absolute atomic E-state index is 13.5. The van der Waals surface area contributed by atoms with Crippen molar-refractivity contribution in [2.45, 2.75) is 32.2 Å². The van der Waals surface area contributed by atoms with Crippen LogP contribution in [0.15, 0.2) is 42.5 Å². The normalized spacial score (nSPS) is 19.6. The highest BCUT2D eigenvalue weighted by atomic mass is 35.5.